The Morgan fingerprint density at radius 1 is 1.16 bits per heavy atom. The summed E-state index contributed by atoms with van der Waals surface area (Å²) < 4.78 is 27.5. The molecule has 0 aliphatic carbocycles. The van der Waals surface area contributed by atoms with Crippen molar-refractivity contribution >= 4 is 21.6 Å². The number of benzene rings is 2. The average Bonchev–Trinajstić information content (AvgIpc) is 2.41. The molecule has 1 atom stereocenters. The molecule has 0 radical (unpaired) electrons. The predicted octanol–water partition coefficient (Wildman–Crippen LogP) is 4.40. The van der Waals surface area contributed by atoms with E-state index in [4.69, 9.17) is 5.26 Å². The van der Waals surface area contributed by atoms with E-state index in [-0.39, 0.29) is 5.56 Å². The zero-order valence-electron chi connectivity index (χ0n) is 9.70. The summed E-state index contributed by atoms with van der Waals surface area (Å²) in [6.45, 7) is 0. The third-order valence-corrected chi connectivity index (χ3v) is 3.26. The normalized spacial score (nSPS) is 11.7. The van der Waals surface area contributed by atoms with Crippen molar-refractivity contribution in [3.05, 3.63) is 64.1 Å². The molecule has 0 fully saturated rings. The summed E-state index contributed by atoms with van der Waals surface area (Å²) in [6, 6.07) is 11.1. The summed E-state index contributed by atoms with van der Waals surface area (Å²) >= 11 is 3.32. The second-order valence-corrected chi connectivity index (χ2v) is 4.71. The van der Waals surface area contributed by atoms with E-state index < -0.39 is 17.7 Å². The number of hydrogen-bond acceptors (Lipinski definition) is 2. The highest BCUT2D eigenvalue weighted by molar-refractivity contribution is 9.10. The van der Waals surface area contributed by atoms with Crippen molar-refractivity contribution in [1.29, 1.82) is 5.26 Å². The first-order chi connectivity index (χ1) is 9.11. The second kappa shape index (κ2) is 5.81. The van der Waals surface area contributed by atoms with Crippen LogP contribution in [0.25, 0.3) is 0 Å². The van der Waals surface area contributed by atoms with Gasteiger partial charge in [-0.05, 0) is 46.3 Å². The summed E-state index contributed by atoms with van der Waals surface area (Å²) in [5, 5.41) is 12.0. The SMILES string of the molecule is N#CC(Nc1ccccc1Br)c1cc(F)ccc1F. The van der Waals surface area contributed by atoms with Gasteiger partial charge in [0.25, 0.3) is 0 Å². The van der Waals surface area contributed by atoms with Crippen molar-refractivity contribution in [3.63, 3.8) is 0 Å². The van der Waals surface area contributed by atoms with Crippen LogP contribution in [0.3, 0.4) is 0 Å². The molecule has 0 saturated heterocycles. The van der Waals surface area contributed by atoms with E-state index in [1.807, 2.05) is 12.1 Å². The molecule has 2 aromatic rings. The van der Waals surface area contributed by atoms with E-state index >= 15 is 0 Å². The summed E-state index contributed by atoms with van der Waals surface area (Å²) in [5.74, 6) is -1.20. The lowest BCUT2D eigenvalue weighted by molar-refractivity contribution is 0.583. The van der Waals surface area contributed by atoms with Crippen LogP contribution in [-0.4, -0.2) is 0 Å². The van der Waals surface area contributed by atoms with E-state index in [1.54, 1.807) is 18.2 Å². The van der Waals surface area contributed by atoms with Crippen molar-refractivity contribution in [3.8, 4) is 6.07 Å². The monoisotopic (exact) mass is 322 g/mol. The van der Waals surface area contributed by atoms with E-state index in [1.165, 1.54) is 0 Å². The Morgan fingerprint density at radius 3 is 2.58 bits per heavy atom. The van der Waals surface area contributed by atoms with Crippen molar-refractivity contribution in [2.24, 2.45) is 0 Å². The molecule has 0 aromatic heterocycles. The fourth-order valence-corrected chi connectivity index (χ4v) is 2.05. The third-order valence-electron chi connectivity index (χ3n) is 2.57. The van der Waals surface area contributed by atoms with Gasteiger partial charge in [0.05, 0.1) is 6.07 Å². The number of nitrogens with zero attached hydrogens (tertiary/aromatic N) is 1. The molecular formula is C14H9BrF2N2. The second-order valence-electron chi connectivity index (χ2n) is 3.85. The van der Waals surface area contributed by atoms with Gasteiger partial charge in [0, 0.05) is 15.7 Å². The maximum atomic E-state index is 13.6. The van der Waals surface area contributed by atoms with Gasteiger partial charge < -0.3 is 5.32 Å². The third kappa shape index (κ3) is 3.09. The molecule has 1 N–H and O–H groups in total. The number of nitrogens with one attached hydrogen (secondary N) is 1. The van der Waals surface area contributed by atoms with Crippen LogP contribution in [0, 0.1) is 23.0 Å². The highest BCUT2D eigenvalue weighted by atomic mass is 79.9. The van der Waals surface area contributed by atoms with Crippen LogP contribution in [0.2, 0.25) is 0 Å². The molecule has 2 aromatic carbocycles. The average molecular weight is 323 g/mol. The molecule has 96 valence electrons. The van der Waals surface area contributed by atoms with Crippen molar-refractivity contribution in [1.82, 2.24) is 0 Å². The van der Waals surface area contributed by atoms with Crippen LogP contribution in [0.4, 0.5) is 14.5 Å². The molecular weight excluding hydrogens is 314 g/mol. The Morgan fingerprint density at radius 2 is 1.89 bits per heavy atom. The summed E-state index contributed by atoms with van der Waals surface area (Å²) in [7, 11) is 0. The van der Waals surface area contributed by atoms with Crippen molar-refractivity contribution < 1.29 is 8.78 Å². The highest BCUT2D eigenvalue weighted by Gasteiger charge is 2.16. The lowest BCUT2D eigenvalue weighted by atomic mass is 10.1. The molecule has 0 spiro atoms. The Kier molecular flexibility index (Phi) is 4.13. The highest BCUT2D eigenvalue weighted by Crippen LogP contribution is 2.27. The van der Waals surface area contributed by atoms with Crippen molar-refractivity contribution in [2.75, 3.05) is 5.32 Å². The number of rotatable bonds is 3. The van der Waals surface area contributed by atoms with Gasteiger partial charge in [0.2, 0.25) is 0 Å². The minimum absolute atomic E-state index is 0.0155. The van der Waals surface area contributed by atoms with Crippen LogP contribution < -0.4 is 5.32 Å². The Balaban J connectivity index is 2.34. The number of para-hydroxylation sites is 1. The zero-order valence-corrected chi connectivity index (χ0v) is 11.3. The molecule has 2 nitrogen and oxygen atoms in total. The molecule has 0 saturated carbocycles. The summed E-state index contributed by atoms with van der Waals surface area (Å²) in [6.07, 6.45) is 0. The topological polar surface area (TPSA) is 35.8 Å². The molecule has 0 aliphatic heterocycles. The van der Waals surface area contributed by atoms with Gasteiger partial charge in [-0.25, -0.2) is 8.78 Å². The molecule has 0 heterocycles. The lowest BCUT2D eigenvalue weighted by Gasteiger charge is -2.15. The van der Waals surface area contributed by atoms with Crippen LogP contribution in [0.15, 0.2) is 46.9 Å². The smallest absolute Gasteiger partial charge is 0.143 e. The van der Waals surface area contributed by atoms with Gasteiger partial charge in [-0.1, -0.05) is 12.1 Å². The standard InChI is InChI=1S/C14H9BrF2N2/c15-11-3-1-2-4-13(11)19-14(8-18)10-7-9(16)5-6-12(10)17/h1-7,14,19H. The molecule has 0 amide bonds. The fourth-order valence-electron chi connectivity index (χ4n) is 1.65. The predicted molar refractivity (Wildman–Crippen MR) is 72.5 cm³/mol. The van der Waals surface area contributed by atoms with Gasteiger partial charge in [-0.2, -0.15) is 5.26 Å². The number of anilines is 1. The summed E-state index contributed by atoms with van der Waals surface area (Å²) in [5.41, 5.74) is 0.621. The van der Waals surface area contributed by atoms with Gasteiger partial charge in [0.1, 0.15) is 17.7 Å². The van der Waals surface area contributed by atoms with Gasteiger partial charge in [-0.15, -0.1) is 0 Å². The largest absolute Gasteiger partial charge is 0.365 e. The Bertz CT molecular complexity index is 638. The Hall–Kier alpha value is -1.93. The number of nitriles is 1. The first kappa shape index (κ1) is 13.5. The number of hydrogen-bond donors (Lipinski definition) is 1. The quantitative estimate of drug-likeness (QED) is 0.908. The van der Waals surface area contributed by atoms with Gasteiger partial charge in [0.15, 0.2) is 0 Å². The number of halogens is 3. The summed E-state index contributed by atoms with van der Waals surface area (Å²) in [4.78, 5) is 0. The van der Waals surface area contributed by atoms with Gasteiger partial charge >= 0.3 is 0 Å². The maximum Gasteiger partial charge on any atom is 0.143 e. The molecule has 0 aliphatic rings. The fraction of sp³-hybridized carbons (Fsp3) is 0.0714. The maximum absolute atomic E-state index is 13.6. The van der Waals surface area contributed by atoms with Crippen molar-refractivity contribution in [2.45, 2.75) is 6.04 Å². The van der Waals surface area contributed by atoms with E-state index in [9.17, 15) is 8.78 Å². The van der Waals surface area contributed by atoms with Crippen LogP contribution in [0.1, 0.15) is 11.6 Å². The van der Waals surface area contributed by atoms with E-state index in [2.05, 4.69) is 21.2 Å². The first-order valence-electron chi connectivity index (χ1n) is 5.47. The molecule has 5 heteroatoms. The molecule has 1 unspecified atom stereocenters. The van der Waals surface area contributed by atoms with E-state index in [0.29, 0.717) is 5.69 Å². The van der Waals surface area contributed by atoms with Crippen LogP contribution in [0.5, 0.6) is 0 Å². The minimum atomic E-state index is -0.964. The first-order valence-corrected chi connectivity index (χ1v) is 6.26. The van der Waals surface area contributed by atoms with Crippen LogP contribution in [-0.2, 0) is 0 Å². The minimum Gasteiger partial charge on any atom is -0.365 e. The van der Waals surface area contributed by atoms with Gasteiger partial charge in [-0.3, -0.25) is 0 Å². The Labute approximate surface area is 117 Å². The molecule has 2 rings (SSSR count). The lowest BCUT2D eigenvalue weighted by Crippen LogP contribution is -2.11. The van der Waals surface area contributed by atoms with E-state index in [0.717, 1.165) is 22.7 Å². The molecule has 0 bridgehead atoms. The molecule has 19 heavy (non-hydrogen) atoms. The van der Waals surface area contributed by atoms with Crippen LogP contribution >= 0.6 is 15.9 Å². The zero-order chi connectivity index (χ0) is 13.8.